The van der Waals surface area contributed by atoms with Crippen molar-refractivity contribution in [3.63, 3.8) is 0 Å². The molecule has 1 aliphatic rings. The van der Waals surface area contributed by atoms with E-state index in [0.29, 0.717) is 0 Å². The van der Waals surface area contributed by atoms with Gasteiger partial charge in [0.1, 0.15) is 0 Å². The van der Waals surface area contributed by atoms with Gasteiger partial charge in [-0.25, -0.2) is 0 Å². The maximum Gasteiger partial charge on any atom is -0.0253 e. The Labute approximate surface area is 279 Å². The quantitative estimate of drug-likeness (QED) is 0.0955. The van der Waals surface area contributed by atoms with Gasteiger partial charge in [-0.15, -0.1) is 40.1 Å². The van der Waals surface area contributed by atoms with E-state index in [0.717, 1.165) is 15.9 Å². The summed E-state index contributed by atoms with van der Waals surface area (Å²) in [6.45, 7) is 6.57. The van der Waals surface area contributed by atoms with Gasteiger partial charge in [0.05, 0.1) is 0 Å². The Kier molecular flexibility index (Phi) is 13.9. The Morgan fingerprint density at radius 3 is 2.16 bits per heavy atom. The summed E-state index contributed by atoms with van der Waals surface area (Å²) in [7, 11) is 11.0. The normalized spacial score (nSPS) is 10.7. The first kappa shape index (κ1) is 33.5. The fourth-order valence-corrected chi connectivity index (χ4v) is 5.71. The Morgan fingerprint density at radius 1 is 0.744 bits per heavy atom. The van der Waals surface area contributed by atoms with Gasteiger partial charge in [-0.1, -0.05) is 129 Å². The number of rotatable bonds is 5. The van der Waals surface area contributed by atoms with Gasteiger partial charge < -0.3 is 0 Å². The molecule has 2 radical (unpaired) electrons. The van der Waals surface area contributed by atoms with Crippen LogP contribution in [0.5, 0.6) is 0 Å². The maximum atomic E-state index is 4.93. The van der Waals surface area contributed by atoms with Crippen LogP contribution in [0.4, 0.5) is 0 Å². The molecule has 0 saturated heterocycles. The van der Waals surface area contributed by atoms with Gasteiger partial charge in [0.15, 0.2) is 0 Å². The molecule has 6 aromatic carbocycles. The minimum atomic E-state index is -0.826. The van der Waals surface area contributed by atoms with Crippen LogP contribution in [0.25, 0.3) is 43.8 Å². The van der Waals surface area contributed by atoms with E-state index in [1.54, 1.807) is 0 Å². The molecule has 7 rings (SSSR count). The Morgan fingerprint density at radius 2 is 1.37 bits per heavy atom. The molecule has 0 bridgehead atoms. The second kappa shape index (κ2) is 17.8. The van der Waals surface area contributed by atoms with Crippen molar-refractivity contribution >= 4 is 48.1 Å². The molecule has 0 amide bonds. The van der Waals surface area contributed by atoms with Crippen molar-refractivity contribution in [2.24, 2.45) is 0 Å². The third-order valence-electron chi connectivity index (χ3n) is 7.58. The van der Waals surface area contributed by atoms with E-state index in [4.69, 9.17) is 17.0 Å². The monoisotopic (exact) mass is 694 g/mol. The van der Waals surface area contributed by atoms with Crippen LogP contribution >= 0.6 is 17.0 Å². The summed E-state index contributed by atoms with van der Waals surface area (Å²) in [5.74, 6) is 0. The van der Waals surface area contributed by atoms with E-state index < -0.39 is 20.8 Å². The molecule has 0 aliphatic heterocycles. The van der Waals surface area contributed by atoms with Gasteiger partial charge in [-0.2, -0.15) is 35.9 Å². The van der Waals surface area contributed by atoms with Crippen molar-refractivity contribution in [2.45, 2.75) is 52.1 Å². The first-order valence-corrected chi connectivity index (χ1v) is 23.3. The van der Waals surface area contributed by atoms with Gasteiger partial charge >= 0.3 is 37.9 Å². The van der Waals surface area contributed by atoms with Crippen molar-refractivity contribution in [1.82, 2.24) is 0 Å². The summed E-state index contributed by atoms with van der Waals surface area (Å²) in [6.07, 6.45) is 6.12. The fourth-order valence-electron chi connectivity index (χ4n) is 5.71. The molecule has 4 heteroatoms. The summed E-state index contributed by atoms with van der Waals surface area (Å²) < 4.78 is 0. The van der Waals surface area contributed by atoms with Crippen molar-refractivity contribution in [1.29, 1.82) is 0 Å². The topological polar surface area (TPSA) is 0 Å². The summed E-state index contributed by atoms with van der Waals surface area (Å²) in [6, 6.07) is 44.9. The zero-order chi connectivity index (χ0) is 30.4. The van der Waals surface area contributed by atoms with Crippen LogP contribution in [-0.4, -0.2) is 9.52 Å². The molecule has 1 aliphatic carbocycles. The van der Waals surface area contributed by atoms with Crippen molar-refractivity contribution in [3.05, 3.63) is 138 Å². The summed E-state index contributed by atoms with van der Waals surface area (Å²) in [5.41, 5.74) is 9.68. The SMILES string of the molecule is CCCCCc1cc2c(-c3cccc4ccccc34)cccc2[cH-]1.C[Si]C.[Cl][Zr+2][Cl].[c-]1cccc2c1Cc1ccccc1-2. The minimum absolute atomic E-state index is 0.826. The molecule has 43 heavy (non-hydrogen) atoms. The number of unbranched alkanes of at least 4 members (excludes halogenated alkanes) is 2. The standard InChI is InChI=1S/C24H23.C13H9.C2H6Si.2ClH.Zr/c1-2-3-4-9-18-16-20-12-8-15-23(24(20)17-18)22-14-7-11-19-10-5-6-13-21(19)22;1-3-7-12-10(5-1)9-11-6-2-4-8-13(11)12;1-3-2;;;/h5-8,10-17H,2-4,9H2,1H3;1-5,7-8H,9H2;1-2H3;2*1H;/q2*-1;;;;+4/p-2. The van der Waals surface area contributed by atoms with Crippen molar-refractivity contribution < 1.29 is 20.8 Å². The first-order valence-electron chi connectivity index (χ1n) is 14.9. The molecule has 0 saturated carbocycles. The van der Waals surface area contributed by atoms with Gasteiger partial charge in [-0.3, -0.25) is 0 Å². The number of aryl methyl sites for hydroxylation is 1. The average Bonchev–Trinajstić information content (AvgIpc) is 3.63. The van der Waals surface area contributed by atoms with Crippen molar-refractivity contribution in [3.8, 4) is 22.3 Å². The van der Waals surface area contributed by atoms with Gasteiger partial charge in [0.2, 0.25) is 0 Å². The van der Waals surface area contributed by atoms with Crippen LogP contribution in [0.3, 0.4) is 0 Å². The van der Waals surface area contributed by atoms with E-state index in [-0.39, 0.29) is 0 Å². The van der Waals surface area contributed by atoms with Crippen molar-refractivity contribution in [2.75, 3.05) is 0 Å². The van der Waals surface area contributed by atoms with Crippen LogP contribution in [0.2, 0.25) is 13.1 Å². The minimum Gasteiger partial charge on any atom is -0.179 e. The Balaban J connectivity index is 0.000000186. The molecule has 216 valence electrons. The molecule has 0 aromatic heterocycles. The predicted octanol–water partition coefficient (Wildman–Crippen LogP) is 12.3. The molecule has 0 N–H and O–H groups in total. The molecular formula is C39H38Cl2SiZr. The van der Waals surface area contributed by atoms with Gasteiger partial charge in [0.25, 0.3) is 0 Å². The van der Waals surface area contributed by atoms with Gasteiger partial charge in [0, 0.05) is 9.52 Å². The second-order valence-corrected chi connectivity index (χ2v) is 15.4. The molecule has 0 fully saturated rings. The molecule has 0 nitrogen and oxygen atoms in total. The number of halogens is 2. The maximum absolute atomic E-state index is 4.93. The molecule has 6 aromatic rings. The zero-order valence-corrected chi connectivity index (χ0v) is 30.2. The third-order valence-corrected chi connectivity index (χ3v) is 7.58. The molecule has 0 unspecified atom stereocenters. The summed E-state index contributed by atoms with van der Waals surface area (Å²) in [4.78, 5) is 0. The molecule has 0 heterocycles. The molecule has 0 atom stereocenters. The summed E-state index contributed by atoms with van der Waals surface area (Å²) in [5, 5.41) is 5.40. The first-order chi connectivity index (χ1) is 21.1. The second-order valence-electron chi connectivity index (χ2n) is 10.6. The molecular weight excluding hydrogens is 659 g/mol. The number of hydrogen-bond donors (Lipinski definition) is 0. The average molecular weight is 697 g/mol. The third kappa shape index (κ3) is 8.86. The van der Waals surface area contributed by atoms with E-state index in [1.807, 2.05) is 6.07 Å². The number of fused-ring (bicyclic) bond motifs is 5. The largest absolute Gasteiger partial charge is 0.179 e. The Bertz CT molecular complexity index is 1670. The van der Waals surface area contributed by atoms with E-state index in [9.17, 15) is 0 Å². The van der Waals surface area contributed by atoms with Gasteiger partial charge in [-0.05, 0) is 29.2 Å². The smallest absolute Gasteiger partial charge is 0.0253 e. The van der Waals surface area contributed by atoms with Crippen LogP contribution in [-0.2, 0) is 33.7 Å². The Hall–Kier alpha value is -2.35. The molecule has 0 spiro atoms. The number of hydrogen-bond acceptors (Lipinski definition) is 0. The van der Waals surface area contributed by atoms with E-state index in [2.05, 4.69) is 135 Å². The van der Waals surface area contributed by atoms with Crippen LogP contribution in [0, 0.1) is 6.07 Å². The van der Waals surface area contributed by atoms with E-state index >= 15 is 0 Å². The van der Waals surface area contributed by atoms with E-state index in [1.165, 1.54) is 86.2 Å². The van der Waals surface area contributed by atoms with Crippen LogP contribution in [0.15, 0.2) is 115 Å². The zero-order valence-electron chi connectivity index (χ0n) is 25.3. The fraction of sp³-hybridized carbons (Fsp3) is 0.205. The summed E-state index contributed by atoms with van der Waals surface area (Å²) >= 11 is -0.826. The van der Waals surface area contributed by atoms with Crippen LogP contribution < -0.4 is 0 Å². The predicted molar refractivity (Wildman–Crippen MR) is 188 cm³/mol. The van der Waals surface area contributed by atoms with Crippen LogP contribution in [0.1, 0.15) is 42.9 Å². The number of benzene rings is 5.